The molecule has 7 aromatic carbocycles. The molecule has 0 N–H and O–H groups in total. The van der Waals surface area contributed by atoms with Gasteiger partial charge >= 0.3 is 6.85 Å². The standard InChI is InChI=1S/C68H69BN2O2S/c1-63(2,3)38-19-22-40(23-20-38)71-52-37-56-43(44-34-50-51(36-55(44)72-56)68(13,14)30-29-67(50,11)12)33-46(52)58-59-53(35-45-42-17-15-16-18-54(42)73-61(45)58)70(41-24-25-48-49(32-41)66(9,10)28-27-65(48,7)8)60-47-31-39(64(4,5)6)21-26-57(47)74-62(60)69(59)71/h15-26,31-37H,27-30H2,1-14H3. The number of hydrogen-bond acceptors (Lipinski definition) is 5. The van der Waals surface area contributed by atoms with Gasteiger partial charge in [0.15, 0.2) is 0 Å². The number of para-hydroxylation sites is 1. The van der Waals surface area contributed by atoms with E-state index in [9.17, 15) is 0 Å². The van der Waals surface area contributed by atoms with Gasteiger partial charge in [-0.2, -0.15) is 0 Å². The number of furan rings is 2. The highest BCUT2D eigenvalue weighted by molar-refractivity contribution is 7.32. The minimum atomic E-state index is -0.184. The maximum absolute atomic E-state index is 7.29. The van der Waals surface area contributed by atoms with Crippen molar-refractivity contribution in [2.24, 2.45) is 0 Å². The molecule has 6 heteroatoms. The van der Waals surface area contributed by atoms with Crippen LogP contribution in [-0.2, 0) is 32.5 Å². The second kappa shape index (κ2) is 14.8. The normalized spacial score (nSPS) is 18.3. The van der Waals surface area contributed by atoms with E-state index in [2.05, 4.69) is 222 Å². The summed E-state index contributed by atoms with van der Waals surface area (Å²) in [6.07, 6.45) is 4.63. The predicted octanol–water partition coefficient (Wildman–Crippen LogP) is 18.7. The minimum Gasteiger partial charge on any atom is -0.456 e. The van der Waals surface area contributed by atoms with E-state index >= 15 is 0 Å². The van der Waals surface area contributed by atoms with Crippen molar-refractivity contribution in [3.05, 3.63) is 149 Å². The first kappa shape index (κ1) is 46.3. The van der Waals surface area contributed by atoms with Gasteiger partial charge in [-0.1, -0.05) is 139 Å². The molecule has 4 aliphatic rings. The number of fused-ring (bicyclic) bond motifs is 15. The number of rotatable bonds is 2. The fourth-order valence-corrected chi connectivity index (χ4v) is 15.1. The summed E-state index contributed by atoms with van der Waals surface area (Å²) in [6.45, 7) is 33.3. The summed E-state index contributed by atoms with van der Waals surface area (Å²) in [7, 11) is 0. The molecule has 3 aromatic heterocycles. The van der Waals surface area contributed by atoms with E-state index in [0.29, 0.717) is 0 Å². The maximum atomic E-state index is 7.29. The van der Waals surface area contributed by atoms with Crippen LogP contribution in [0.25, 0.3) is 65.1 Å². The van der Waals surface area contributed by atoms with Crippen LogP contribution in [0.2, 0.25) is 0 Å². The Morgan fingerprint density at radius 2 is 1.08 bits per heavy atom. The van der Waals surface area contributed by atoms with Crippen LogP contribution in [0.5, 0.6) is 0 Å². The number of benzene rings is 7. The Morgan fingerprint density at radius 1 is 0.486 bits per heavy atom. The summed E-state index contributed by atoms with van der Waals surface area (Å²) in [5.41, 5.74) is 22.0. The molecule has 74 heavy (non-hydrogen) atoms. The Hall–Kier alpha value is -6.24. The Labute approximate surface area is 441 Å². The molecule has 5 heterocycles. The van der Waals surface area contributed by atoms with Gasteiger partial charge in [-0.25, -0.2) is 0 Å². The SMILES string of the molecule is CC(C)(C)c1ccc(N2B3c4sc5ccc(C(C)(C)C)cc5c4N(c4ccc5c(c4)C(C)(C)CCC5(C)C)c4cc5c(oc6ccccc65)c(c43)-c3cc4c(cc32)oc2cc3c(cc24)C(C)(C)CCC3(C)C)cc1. The summed E-state index contributed by atoms with van der Waals surface area (Å²) in [5, 5.41) is 5.91. The van der Waals surface area contributed by atoms with E-state index in [1.54, 1.807) is 0 Å². The van der Waals surface area contributed by atoms with Crippen molar-refractivity contribution in [2.45, 2.75) is 155 Å². The molecule has 0 atom stereocenters. The van der Waals surface area contributed by atoms with Crippen molar-refractivity contribution < 1.29 is 8.83 Å². The zero-order valence-electron chi connectivity index (χ0n) is 46.0. The number of hydrogen-bond donors (Lipinski definition) is 0. The molecule has 4 nitrogen and oxygen atoms in total. The lowest BCUT2D eigenvalue weighted by atomic mass is 9.46. The molecule has 0 amide bonds. The second-order valence-electron chi connectivity index (χ2n) is 27.5. The molecule has 0 saturated heterocycles. The molecule has 0 saturated carbocycles. The highest BCUT2D eigenvalue weighted by Crippen LogP contribution is 2.56. The van der Waals surface area contributed by atoms with Crippen molar-refractivity contribution in [1.82, 2.24) is 0 Å². The third kappa shape index (κ3) is 6.45. The summed E-state index contributed by atoms with van der Waals surface area (Å²) in [6, 6.07) is 45.1. The van der Waals surface area contributed by atoms with Gasteiger partial charge in [-0.05, 0) is 164 Å². The Bertz CT molecular complexity index is 4070. The fraction of sp³-hybridized carbons (Fsp3) is 0.353. The summed E-state index contributed by atoms with van der Waals surface area (Å²) < 4.78 is 17.1. The fourth-order valence-electron chi connectivity index (χ4n) is 13.9. The average molecular weight is 989 g/mol. The van der Waals surface area contributed by atoms with Crippen LogP contribution < -0.4 is 20.0 Å². The molecule has 2 aliphatic heterocycles. The Kier molecular flexibility index (Phi) is 9.25. The first-order chi connectivity index (χ1) is 34.9. The molecular formula is C68H69BN2O2S. The second-order valence-corrected chi connectivity index (χ2v) is 28.6. The molecule has 372 valence electrons. The van der Waals surface area contributed by atoms with Gasteiger partial charge in [0.1, 0.15) is 22.3 Å². The van der Waals surface area contributed by atoms with Gasteiger partial charge in [0.05, 0.1) is 5.69 Å². The lowest BCUT2D eigenvalue weighted by Gasteiger charge is -2.45. The van der Waals surface area contributed by atoms with Crippen molar-refractivity contribution >= 4 is 111 Å². The maximum Gasteiger partial charge on any atom is 0.343 e. The van der Waals surface area contributed by atoms with Crippen LogP contribution in [0.4, 0.5) is 28.4 Å². The van der Waals surface area contributed by atoms with Gasteiger partial charge in [-0.15, -0.1) is 11.3 Å². The van der Waals surface area contributed by atoms with E-state index < -0.39 is 0 Å². The lowest BCUT2D eigenvalue weighted by molar-refractivity contribution is 0.332. The van der Waals surface area contributed by atoms with Gasteiger partial charge in [0.25, 0.3) is 0 Å². The Balaban J connectivity index is 1.15. The zero-order chi connectivity index (χ0) is 51.6. The first-order valence-corrected chi connectivity index (χ1v) is 28.2. The van der Waals surface area contributed by atoms with Crippen LogP contribution in [-0.4, -0.2) is 6.85 Å². The van der Waals surface area contributed by atoms with Gasteiger partial charge in [0.2, 0.25) is 0 Å². The molecule has 0 radical (unpaired) electrons. The third-order valence-electron chi connectivity index (χ3n) is 18.7. The van der Waals surface area contributed by atoms with Crippen molar-refractivity contribution in [3.63, 3.8) is 0 Å². The third-order valence-corrected chi connectivity index (χ3v) is 19.9. The average Bonchev–Trinajstić information content (AvgIpc) is 4.04. The molecule has 0 fully saturated rings. The van der Waals surface area contributed by atoms with Gasteiger partial charge in [-0.3, -0.25) is 0 Å². The van der Waals surface area contributed by atoms with E-state index in [0.717, 1.165) is 69.1 Å². The molecule has 2 aliphatic carbocycles. The lowest BCUT2D eigenvalue weighted by Crippen LogP contribution is -2.60. The van der Waals surface area contributed by atoms with E-state index in [4.69, 9.17) is 8.83 Å². The topological polar surface area (TPSA) is 32.8 Å². The summed E-state index contributed by atoms with van der Waals surface area (Å²) >= 11 is 1.96. The highest BCUT2D eigenvalue weighted by atomic mass is 32.1. The monoisotopic (exact) mass is 989 g/mol. The van der Waals surface area contributed by atoms with Crippen LogP contribution in [0.1, 0.15) is 156 Å². The van der Waals surface area contributed by atoms with Gasteiger partial charge < -0.3 is 18.5 Å². The molecular weight excluding hydrogens is 920 g/mol. The molecule has 0 unspecified atom stereocenters. The molecule has 14 rings (SSSR count). The van der Waals surface area contributed by atoms with E-state index in [-0.39, 0.29) is 39.3 Å². The quantitative estimate of drug-likeness (QED) is 0.162. The largest absolute Gasteiger partial charge is 0.456 e. The molecule has 10 aromatic rings. The van der Waals surface area contributed by atoms with Crippen LogP contribution in [0.15, 0.2) is 124 Å². The van der Waals surface area contributed by atoms with Crippen molar-refractivity contribution in [1.29, 1.82) is 0 Å². The minimum absolute atomic E-state index is 0.00113. The number of nitrogens with zero attached hydrogens (tertiary/aromatic N) is 2. The number of thiophene rings is 1. The highest BCUT2D eigenvalue weighted by Gasteiger charge is 2.50. The summed E-state index contributed by atoms with van der Waals surface area (Å²) in [5.74, 6) is 0. The van der Waals surface area contributed by atoms with E-state index in [1.807, 2.05) is 11.3 Å². The van der Waals surface area contributed by atoms with Crippen LogP contribution in [0, 0.1) is 0 Å². The Morgan fingerprint density at radius 3 is 1.77 bits per heavy atom. The zero-order valence-corrected chi connectivity index (χ0v) is 46.8. The number of anilines is 5. The molecule has 0 spiro atoms. The summed E-state index contributed by atoms with van der Waals surface area (Å²) in [4.78, 5) is 5.35. The van der Waals surface area contributed by atoms with Gasteiger partial charge in [0, 0.05) is 76.4 Å². The first-order valence-electron chi connectivity index (χ1n) is 27.4. The predicted molar refractivity (Wildman–Crippen MR) is 318 cm³/mol. The van der Waals surface area contributed by atoms with Crippen LogP contribution >= 0.6 is 11.3 Å². The van der Waals surface area contributed by atoms with Crippen LogP contribution in [0.3, 0.4) is 0 Å². The molecule has 0 bridgehead atoms. The smallest absolute Gasteiger partial charge is 0.343 e. The van der Waals surface area contributed by atoms with E-state index in [1.165, 1.54) is 93.7 Å². The van der Waals surface area contributed by atoms with Crippen molar-refractivity contribution in [2.75, 3.05) is 9.71 Å². The van der Waals surface area contributed by atoms with Crippen molar-refractivity contribution in [3.8, 4) is 11.1 Å².